The molecule has 2 saturated carbocycles. The molecule has 0 bridgehead atoms. The molecule has 6 heteroatoms. The number of hydrogen-bond donors (Lipinski definition) is 1. The van der Waals surface area contributed by atoms with Crippen molar-refractivity contribution in [1.29, 1.82) is 0 Å². The van der Waals surface area contributed by atoms with Crippen LogP contribution in [0.4, 0.5) is 0 Å². The first kappa shape index (κ1) is 14.8. The van der Waals surface area contributed by atoms with E-state index in [0.29, 0.717) is 12.0 Å². The number of nitrogens with zero attached hydrogens (tertiary/aromatic N) is 3. The molecule has 2 aliphatic rings. The van der Waals surface area contributed by atoms with Crippen LogP contribution in [-0.4, -0.2) is 26.7 Å². The fraction of sp³-hybridized carbons (Fsp3) is 0.471. The number of carbonyl (C=O) groups is 1. The van der Waals surface area contributed by atoms with Crippen molar-refractivity contribution in [3.05, 3.63) is 41.7 Å². The molecule has 1 aromatic carbocycles. The molecule has 1 amide bonds. The van der Waals surface area contributed by atoms with E-state index < -0.39 is 0 Å². The second-order valence-corrected chi connectivity index (χ2v) is 7.44. The normalized spacial score (nSPS) is 18.7. The molecule has 1 aromatic heterocycles. The minimum absolute atomic E-state index is 0.0691. The molecule has 2 aliphatic carbocycles. The summed E-state index contributed by atoms with van der Waals surface area (Å²) in [7, 11) is 2.00. The van der Waals surface area contributed by atoms with Gasteiger partial charge in [0.15, 0.2) is 5.16 Å². The molecule has 1 heterocycles. The molecule has 2 fully saturated rings. The highest BCUT2D eigenvalue weighted by Crippen LogP contribution is 2.41. The lowest BCUT2D eigenvalue weighted by molar-refractivity contribution is -0.120. The molecule has 0 unspecified atom stereocenters. The number of thioether (sulfide) groups is 1. The lowest BCUT2D eigenvalue weighted by Crippen LogP contribution is -2.29. The highest BCUT2D eigenvalue weighted by Gasteiger charge is 2.32. The Bertz CT molecular complexity index is 707. The van der Waals surface area contributed by atoms with E-state index in [4.69, 9.17) is 0 Å². The Hall–Kier alpha value is -1.82. The molecule has 5 nitrogen and oxygen atoms in total. The van der Waals surface area contributed by atoms with Crippen LogP contribution in [0.1, 0.15) is 48.2 Å². The summed E-state index contributed by atoms with van der Waals surface area (Å²) in [6, 6.07) is 10.3. The molecular weight excluding hydrogens is 308 g/mol. The zero-order chi connectivity index (χ0) is 15.8. The minimum atomic E-state index is -0.285. The van der Waals surface area contributed by atoms with Crippen LogP contribution < -0.4 is 5.32 Å². The number of aromatic nitrogens is 3. The third kappa shape index (κ3) is 3.27. The maximum atomic E-state index is 12.7. The van der Waals surface area contributed by atoms with Gasteiger partial charge in [0.25, 0.3) is 0 Å². The van der Waals surface area contributed by atoms with Crippen molar-refractivity contribution < 1.29 is 4.79 Å². The summed E-state index contributed by atoms with van der Waals surface area (Å²) >= 11 is 1.49. The Kier molecular flexibility index (Phi) is 3.85. The Morgan fingerprint density at radius 3 is 2.61 bits per heavy atom. The molecule has 1 N–H and O–H groups in total. The summed E-state index contributed by atoms with van der Waals surface area (Å²) in [5, 5.41) is 12.3. The molecule has 0 radical (unpaired) electrons. The molecule has 2 aromatic rings. The fourth-order valence-corrected chi connectivity index (χ4v) is 3.66. The largest absolute Gasteiger partial charge is 0.352 e. The number of amides is 1. The SMILES string of the molecule is Cn1c(S[C@@H](C(=O)NC2CC2)c2ccccc2)nnc1C1CC1. The number of hydrogen-bond acceptors (Lipinski definition) is 4. The maximum absolute atomic E-state index is 12.7. The van der Waals surface area contributed by atoms with Gasteiger partial charge in [0.05, 0.1) is 0 Å². The van der Waals surface area contributed by atoms with E-state index in [1.807, 2.05) is 41.9 Å². The van der Waals surface area contributed by atoms with Crippen molar-refractivity contribution in [2.24, 2.45) is 7.05 Å². The van der Waals surface area contributed by atoms with E-state index >= 15 is 0 Å². The highest BCUT2D eigenvalue weighted by atomic mass is 32.2. The van der Waals surface area contributed by atoms with E-state index in [1.54, 1.807) is 0 Å². The standard InChI is InChI=1S/C17H20N4OS/c1-21-15(12-7-8-12)19-20-17(21)23-14(11-5-3-2-4-6-11)16(22)18-13-9-10-13/h2-6,12-14H,7-10H2,1H3,(H,18,22)/t14-/m1/s1. The third-order valence-electron chi connectivity index (χ3n) is 4.30. The summed E-state index contributed by atoms with van der Waals surface area (Å²) in [4.78, 5) is 12.7. The molecule has 23 heavy (non-hydrogen) atoms. The number of nitrogens with one attached hydrogen (secondary N) is 1. The molecule has 4 rings (SSSR count). The smallest absolute Gasteiger partial charge is 0.238 e. The molecule has 120 valence electrons. The van der Waals surface area contributed by atoms with Gasteiger partial charge in [0.2, 0.25) is 5.91 Å². The summed E-state index contributed by atoms with van der Waals surface area (Å²) < 4.78 is 2.04. The summed E-state index contributed by atoms with van der Waals surface area (Å²) in [5.41, 5.74) is 1.01. The predicted octanol–water partition coefficient (Wildman–Crippen LogP) is 2.80. The maximum Gasteiger partial charge on any atom is 0.238 e. The van der Waals surface area contributed by atoms with Crippen LogP contribution in [0.15, 0.2) is 35.5 Å². The molecule has 0 saturated heterocycles. The zero-order valence-corrected chi connectivity index (χ0v) is 13.9. The summed E-state index contributed by atoms with van der Waals surface area (Å²) in [6.07, 6.45) is 4.57. The summed E-state index contributed by atoms with van der Waals surface area (Å²) in [6.45, 7) is 0. The first-order valence-corrected chi connectivity index (χ1v) is 9.01. The monoisotopic (exact) mass is 328 g/mol. The summed E-state index contributed by atoms with van der Waals surface area (Å²) in [5.74, 6) is 1.67. The van der Waals surface area contributed by atoms with Gasteiger partial charge in [0.1, 0.15) is 11.1 Å². The van der Waals surface area contributed by atoms with E-state index in [-0.39, 0.29) is 11.2 Å². The van der Waals surface area contributed by atoms with Gasteiger partial charge in [-0.05, 0) is 31.2 Å². The van der Waals surface area contributed by atoms with Crippen LogP contribution in [0.2, 0.25) is 0 Å². The average molecular weight is 328 g/mol. The number of benzene rings is 1. The first-order valence-electron chi connectivity index (χ1n) is 8.13. The average Bonchev–Trinajstić information content (AvgIpc) is 3.48. The Balaban J connectivity index is 1.58. The first-order chi connectivity index (χ1) is 11.2. The van der Waals surface area contributed by atoms with Crippen molar-refractivity contribution in [1.82, 2.24) is 20.1 Å². The quantitative estimate of drug-likeness (QED) is 0.829. The Morgan fingerprint density at radius 1 is 1.22 bits per heavy atom. The van der Waals surface area contributed by atoms with E-state index in [2.05, 4.69) is 15.5 Å². The van der Waals surface area contributed by atoms with Crippen LogP contribution in [0.25, 0.3) is 0 Å². The van der Waals surface area contributed by atoms with Crippen LogP contribution in [0.3, 0.4) is 0 Å². The van der Waals surface area contributed by atoms with E-state index in [9.17, 15) is 4.79 Å². The predicted molar refractivity (Wildman–Crippen MR) is 89.2 cm³/mol. The Labute approximate surface area is 139 Å². The second kappa shape index (κ2) is 6.00. The van der Waals surface area contributed by atoms with Gasteiger partial charge in [-0.15, -0.1) is 10.2 Å². The van der Waals surface area contributed by atoms with Crippen LogP contribution in [0, 0.1) is 0 Å². The van der Waals surface area contributed by atoms with Gasteiger partial charge in [-0.3, -0.25) is 4.79 Å². The zero-order valence-electron chi connectivity index (χ0n) is 13.1. The van der Waals surface area contributed by atoms with E-state index in [1.165, 1.54) is 24.6 Å². The Morgan fingerprint density at radius 2 is 1.96 bits per heavy atom. The van der Waals surface area contributed by atoms with Crippen molar-refractivity contribution in [3.63, 3.8) is 0 Å². The molecular formula is C17H20N4OS. The van der Waals surface area contributed by atoms with Crippen molar-refractivity contribution >= 4 is 17.7 Å². The number of carbonyl (C=O) groups excluding carboxylic acids is 1. The molecule has 0 aliphatic heterocycles. The fourth-order valence-electron chi connectivity index (χ4n) is 2.64. The highest BCUT2D eigenvalue weighted by molar-refractivity contribution is 8.00. The van der Waals surface area contributed by atoms with E-state index in [0.717, 1.165) is 29.4 Å². The van der Waals surface area contributed by atoms with Crippen LogP contribution in [-0.2, 0) is 11.8 Å². The van der Waals surface area contributed by atoms with Gasteiger partial charge in [-0.1, -0.05) is 42.1 Å². The molecule has 1 atom stereocenters. The van der Waals surface area contributed by atoms with Crippen molar-refractivity contribution in [2.45, 2.75) is 48.0 Å². The topological polar surface area (TPSA) is 59.8 Å². The second-order valence-electron chi connectivity index (χ2n) is 6.37. The van der Waals surface area contributed by atoms with Gasteiger partial charge in [0, 0.05) is 19.0 Å². The minimum Gasteiger partial charge on any atom is -0.352 e. The molecule has 0 spiro atoms. The van der Waals surface area contributed by atoms with Gasteiger partial charge in [-0.2, -0.15) is 0 Å². The number of rotatable bonds is 6. The van der Waals surface area contributed by atoms with Crippen molar-refractivity contribution in [2.75, 3.05) is 0 Å². The van der Waals surface area contributed by atoms with Crippen LogP contribution in [0.5, 0.6) is 0 Å². The van der Waals surface area contributed by atoms with Gasteiger partial charge >= 0.3 is 0 Å². The lowest BCUT2D eigenvalue weighted by atomic mass is 10.1. The lowest BCUT2D eigenvalue weighted by Gasteiger charge is -2.16. The van der Waals surface area contributed by atoms with Crippen molar-refractivity contribution in [3.8, 4) is 0 Å². The van der Waals surface area contributed by atoms with Gasteiger partial charge < -0.3 is 9.88 Å². The van der Waals surface area contributed by atoms with Gasteiger partial charge in [-0.25, -0.2) is 0 Å². The van der Waals surface area contributed by atoms with Crippen LogP contribution >= 0.6 is 11.8 Å². The third-order valence-corrected chi connectivity index (χ3v) is 5.59.